The molecule has 3 amide bonds. The molecule has 158 valence electrons. The number of benzene rings is 2. The van der Waals surface area contributed by atoms with Gasteiger partial charge in [0, 0.05) is 30.5 Å². The minimum absolute atomic E-state index is 0.0674. The first-order valence-electron chi connectivity index (χ1n) is 10.1. The molecule has 2 heterocycles. The summed E-state index contributed by atoms with van der Waals surface area (Å²) in [6.07, 6.45) is 3.65. The van der Waals surface area contributed by atoms with Crippen molar-refractivity contribution in [3.63, 3.8) is 0 Å². The van der Waals surface area contributed by atoms with Crippen LogP contribution >= 0.6 is 0 Å². The highest BCUT2D eigenvalue weighted by Gasteiger charge is 2.32. The fraction of sp³-hybridized carbons (Fsp3) is 0.208. The molecule has 0 bridgehead atoms. The van der Waals surface area contributed by atoms with Crippen molar-refractivity contribution in [1.82, 2.24) is 15.2 Å². The van der Waals surface area contributed by atoms with Crippen molar-refractivity contribution in [2.75, 3.05) is 12.3 Å². The largest absolute Gasteiger partial charge is 0.486 e. The van der Waals surface area contributed by atoms with Crippen LogP contribution in [0.3, 0.4) is 0 Å². The van der Waals surface area contributed by atoms with Gasteiger partial charge in [0.25, 0.3) is 0 Å². The van der Waals surface area contributed by atoms with E-state index in [1.807, 2.05) is 67.6 Å². The molecule has 0 spiro atoms. The van der Waals surface area contributed by atoms with Gasteiger partial charge in [0.1, 0.15) is 18.4 Å². The summed E-state index contributed by atoms with van der Waals surface area (Å²) in [4.78, 5) is 29.2. The molecule has 4 rings (SSSR count). The van der Waals surface area contributed by atoms with Gasteiger partial charge in [-0.05, 0) is 60.0 Å². The summed E-state index contributed by atoms with van der Waals surface area (Å²) in [6, 6.07) is 18.8. The lowest BCUT2D eigenvalue weighted by atomic mass is 10.0. The Morgan fingerprint density at radius 1 is 1.06 bits per heavy atom. The third-order valence-electron chi connectivity index (χ3n) is 5.34. The molecular formula is C24H24N4O3. The predicted molar refractivity (Wildman–Crippen MR) is 118 cm³/mol. The molecule has 1 aromatic heterocycles. The third kappa shape index (κ3) is 4.83. The van der Waals surface area contributed by atoms with E-state index in [1.54, 1.807) is 12.4 Å². The minimum Gasteiger partial charge on any atom is -0.486 e. The number of carbonyl (C=O) groups is 2. The van der Waals surface area contributed by atoms with E-state index in [1.165, 1.54) is 4.90 Å². The molecule has 7 nitrogen and oxygen atoms in total. The monoisotopic (exact) mass is 416 g/mol. The van der Waals surface area contributed by atoms with Crippen molar-refractivity contribution in [3.8, 4) is 16.9 Å². The summed E-state index contributed by atoms with van der Waals surface area (Å²) < 4.78 is 6.31. The number of amides is 3. The van der Waals surface area contributed by atoms with E-state index in [-0.39, 0.29) is 30.6 Å². The van der Waals surface area contributed by atoms with Crippen LogP contribution < -0.4 is 15.8 Å². The van der Waals surface area contributed by atoms with Crippen molar-refractivity contribution < 1.29 is 14.3 Å². The SMILES string of the molecule is CC(CC(Oc1ccc(-c2cccc(N)c2)cc1)c1ccncc1)N1CC(=O)NC1=O. The molecule has 2 aromatic carbocycles. The number of imide groups is 1. The van der Waals surface area contributed by atoms with E-state index in [2.05, 4.69) is 10.3 Å². The second-order valence-corrected chi connectivity index (χ2v) is 7.60. The number of nitrogens with two attached hydrogens (primary N) is 1. The number of aromatic nitrogens is 1. The van der Waals surface area contributed by atoms with Crippen LogP contribution in [0.1, 0.15) is 25.0 Å². The van der Waals surface area contributed by atoms with Gasteiger partial charge in [-0.3, -0.25) is 15.1 Å². The lowest BCUT2D eigenvalue weighted by Crippen LogP contribution is -2.37. The Labute approximate surface area is 180 Å². The number of hydrogen-bond acceptors (Lipinski definition) is 5. The predicted octanol–water partition coefficient (Wildman–Crippen LogP) is 3.78. The van der Waals surface area contributed by atoms with Crippen LogP contribution in [0.5, 0.6) is 5.75 Å². The maximum absolute atomic E-state index is 12.0. The molecule has 0 aliphatic carbocycles. The van der Waals surface area contributed by atoms with E-state index in [0.717, 1.165) is 16.7 Å². The first-order chi connectivity index (χ1) is 15.0. The molecule has 0 radical (unpaired) electrons. The molecule has 1 aliphatic heterocycles. The van der Waals surface area contributed by atoms with E-state index >= 15 is 0 Å². The van der Waals surface area contributed by atoms with Crippen LogP contribution in [-0.4, -0.2) is 34.4 Å². The summed E-state index contributed by atoms with van der Waals surface area (Å²) >= 11 is 0. The first kappa shape index (κ1) is 20.4. The molecule has 7 heteroatoms. The number of ether oxygens (including phenoxy) is 1. The maximum Gasteiger partial charge on any atom is 0.324 e. The summed E-state index contributed by atoms with van der Waals surface area (Å²) in [5.74, 6) is 0.430. The topological polar surface area (TPSA) is 97.6 Å². The van der Waals surface area contributed by atoms with Gasteiger partial charge in [-0.15, -0.1) is 0 Å². The Balaban J connectivity index is 1.52. The van der Waals surface area contributed by atoms with Crippen LogP contribution in [0.4, 0.5) is 10.5 Å². The quantitative estimate of drug-likeness (QED) is 0.451. The normalized spacial score (nSPS) is 15.5. The van der Waals surface area contributed by atoms with Crippen LogP contribution in [0.2, 0.25) is 0 Å². The van der Waals surface area contributed by atoms with E-state index < -0.39 is 0 Å². The zero-order chi connectivity index (χ0) is 21.8. The fourth-order valence-corrected chi connectivity index (χ4v) is 3.69. The van der Waals surface area contributed by atoms with Gasteiger partial charge in [0.2, 0.25) is 5.91 Å². The second-order valence-electron chi connectivity index (χ2n) is 7.60. The number of hydrogen-bond donors (Lipinski definition) is 2. The van der Waals surface area contributed by atoms with Gasteiger partial charge in [-0.2, -0.15) is 0 Å². The molecule has 1 saturated heterocycles. The molecule has 1 fully saturated rings. The van der Waals surface area contributed by atoms with Gasteiger partial charge in [-0.1, -0.05) is 24.3 Å². The number of pyridine rings is 1. The number of nitrogens with zero attached hydrogens (tertiary/aromatic N) is 2. The van der Waals surface area contributed by atoms with Gasteiger partial charge >= 0.3 is 6.03 Å². The molecular weight excluding hydrogens is 392 g/mol. The van der Waals surface area contributed by atoms with Crippen molar-refractivity contribution in [2.45, 2.75) is 25.5 Å². The highest BCUT2D eigenvalue weighted by molar-refractivity contribution is 6.02. The van der Waals surface area contributed by atoms with Crippen LogP contribution in [0, 0.1) is 0 Å². The molecule has 2 unspecified atom stereocenters. The van der Waals surface area contributed by atoms with Gasteiger partial charge < -0.3 is 15.4 Å². The minimum atomic E-state index is -0.363. The van der Waals surface area contributed by atoms with Crippen molar-refractivity contribution in [3.05, 3.63) is 78.6 Å². The lowest BCUT2D eigenvalue weighted by molar-refractivity contribution is -0.118. The zero-order valence-electron chi connectivity index (χ0n) is 17.2. The molecule has 2 atom stereocenters. The van der Waals surface area contributed by atoms with E-state index in [0.29, 0.717) is 17.9 Å². The van der Waals surface area contributed by atoms with Crippen molar-refractivity contribution in [2.24, 2.45) is 0 Å². The van der Waals surface area contributed by atoms with Crippen molar-refractivity contribution in [1.29, 1.82) is 0 Å². The lowest BCUT2D eigenvalue weighted by Gasteiger charge is -2.27. The Kier molecular flexibility index (Phi) is 5.84. The molecule has 31 heavy (non-hydrogen) atoms. The first-order valence-corrected chi connectivity index (χ1v) is 10.1. The van der Waals surface area contributed by atoms with E-state index in [9.17, 15) is 9.59 Å². The summed E-state index contributed by atoms with van der Waals surface area (Å²) in [6.45, 7) is 1.98. The highest BCUT2D eigenvalue weighted by atomic mass is 16.5. The number of carbonyl (C=O) groups excluding carboxylic acids is 2. The molecule has 3 aromatic rings. The number of nitrogen functional groups attached to an aromatic ring is 1. The number of nitrogens with one attached hydrogen (secondary N) is 1. The maximum atomic E-state index is 12.0. The van der Waals surface area contributed by atoms with E-state index in [4.69, 9.17) is 10.5 Å². The van der Waals surface area contributed by atoms with Crippen LogP contribution in [-0.2, 0) is 4.79 Å². The third-order valence-corrected chi connectivity index (χ3v) is 5.34. The standard InChI is InChI=1S/C24H24N4O3/c1-16(28-15-23(29)27-24(28)30)13-22(18-9-11-26-12-10-18)31-21-7-5-17(6-8-21)19-3-2-4-20(25)14-19/h2-12,14,16,22H,13,15,25H2,1H3,(H,27,29,30). The average Bonchev–Trinajstić information content (AvgIpc) is 3.12. The van der Waals surface area contributed by atoms with Crippen molar-refractivity contribution >= 4 is 17.6 Å². The summed E-state index contributed by atoms with van der Waals surface area (Å²) in [5, 5.41) is 2.32. The van der Waals surface area contributed by atoms with Gasteiger partial charge in [-0.25, -0.2) is 4.79 Å². The Bertz CT molecular complexity index is 1070. The Morgan fingerprint density at radius 3 is 2.45 bits per heavy atom. The molecule has 3 N–H and O–H groups in total. The molecule has 1 aliphatic rings. The smallest absolute Gasteiger partial charge is 0.324 e. The number of urea groups is 1. The Morgan fingerprint density at radius 2 is 1.81 bits per heavy atom. The molecule has 0 saturated carbocycles. The number of rotatable bonds is 7. The second kappa shape index (κ2) is 8.87. The van der Waals surface area contributed by atoms with Crippen LogP contribution in [0.25, 0.3) is 11.1 Å². The average molecular weight is 416 g/mol. The van der Waals surface area contributed by atoms with Gasteiger partial charge in [0.05, 0.1) is 0 Å². The number of anilines is 1. The fourth-order valence-electron chi connectivity index (χ4n) is 3.69. The Hall–Kier alpha value is -3.87. The zero-order valence-corrected chi connectivity index (χ0v) is 17.2. The highest BCUT2D eigenvalue weighted by Crippen LogP contribution is 2.30. The van der Waals surface area contributed by atoms with Gasteiger partial charge in [0.15, 0.2) is 0 Å². The summed E-state index contributed by atoms with van der Waals surface area (Å²) in [5.41, 5.74) is 9.64. The van der Waals surface area contributed by atoms with Crippen LogP contribution in [0.15, 0.2) is 73.1 Å². The summed E-state index contributed by atoms with van der Waals surface area (Å²) in [7, 11) is 0.